The summed E-state index contributed by atoms with van der Waals surface area (Å²) in [4.78, 5) is 0. The summed E-state index contributed by atoms with van der Waals surface area (Å²) in [7, 11) is 0. The van der Waals surface area contributed by atoms with Crippen LogP contribution in [0.5, 0.6) is 0 Å². The number of rotatable bonds is 6. The van der Waals surface area contributed by atoms with Crippen LogP contribution < -0.4 is 5.73 Å². The van der Waals surface area contributed by atoms with E-state index in [2.05, 4.69) is 38.1 Å². The Kier molecular flexibility index (Phi) is 5.50. The van der Waals surface area contributed by atoms with E-state index >= 15 is 0 Å². The van der Waals surface area contributed by atoms with Crippen molar-refractivity contribution in [2.24, 2.45) is 5.73 Å². The molecule has 2 nitrogen and oxygen atoms in total. The lowest BCUT2D eigenvalue weighted by Gasteiger charge is -2.21. The molecule has 1 aromatic rings. The molecule has 0 aromatic heterocycles. The van der Waals surface area contributed by atoms with Crippen LogP contribution in [-0.2, 0) is 0 Å². The lowest BCUT2D eigenvalue weighted by atomic mass is 9.90. The van der Waals surface area contributed by atoms with Crippen LogP contribution in [0.1, 0.15) is 43.2 Å². The number of unbranched alkanes of at least 4 members (excludes halogenated alkanes) is 1. The van der Waals surface area contributed by atoms with Crippen LogP contribution in [0.15, 0.2) is 24.3 Å². The Labute approximate surface area is 98.5 Å². The molecule has 0 bridgehead atoms. The van der Waals surface area contributed by atoms with Crippen molar-refractivity contribution in [3.05, 3.63) is 35.4 Å². The Morgan fingerprint density at radius 3 is 2.38 bits per heavy atom. The number of benzene rings is 1. The van der Waals surface area contributed by atoms with Crippen LogP contribution in [0.3, 0.4) is 0 Å². The van der Waals surface area contributed by atoms with Gasteiger partial charge in [0.25, 0.3) is 0 Å². The van der Waals surface area contributed by atoms with Crippen molar-refractivity contribution in [3.8, 4) is 0 Å². The molecule has 2 heteroatoms. The molecule has 2 unspecified atom stereocenters. The van der Waals surface area contributed by atoms with Crippen LogP contribution in [0.25, 0.3) is 0 Å². The highest BCUT2D eigenvalue weighted by atomic mass is 16.3. The van der Waals surface area contributed by atoms with Gasteiger partial charge in [-0.15, -0.1) is 0 Å². The van der Waals surface area contributed by atoms with Gasteiger partial charge in [-0.1, -0.05) is 49.6 Å². The topological polar surface area (TPSA) is 46.2 Å². The first kappa shape index (κ1) is 13.2. The summed E-state index contributed by atoms with van der Waals surface area (Å²) in [6, 6.07) is 8.29. The maximum atomic E-state index is 10.1. The van der Waals surface area contributed by atoms with E-state index in [0.29, 0.717) is 6.54 Å². The number of aliphatic hydroxyl groups excluding tert-OH is 1. The minimum atomic E-state index is -0.312. The quantitative estimate of drug-likeness (QED) is 0.775. The van der Waals surface area contributed by atoms with Gasteiger partial charge in [0.1, 0.15) is 0 Å². The maximum absolute atomic E-state index is 10.1. The molecule has 0 spiro atoms. The normalized spacial score (nSPS) is 14.8. The summed E-state index contributed by atoms with van der Waals surface area (Å²) in [6.07, 6.45) is 2.70. The largest absolute Gasteiger partial charge is 0.392 e. The molecule has 0 aliphatic rings. The monoisotopic (exact) mass is 221 g/mol. The molecule has 0 heterocycles. The zero-order chi connectivity index (χ0) is 12.0. The number of aliphatic hydroxyl groups is 1. The van der Waals surface area contributed by atoms with E-state index in [1.165, 1.54) is 5.56 Å². The van der Waals surface area contributed by atoms with Crippen LogP contribution in [0.2, 0.25) is 0 Å². The predicted molar refractivity (Wildman–Crippen MR) is 68.5 cm³/mol. The molecule has 0 aliphatic heterocycles. The van der Waals surface area contributed by atoms with Crippen molar-refractivity contribution in [1.29, 1.82) is 0 Å². The van der Waals surface area contributed by atoms with Gasteiger partial charge in [-0.05, 0) is 18.9 Å². The molecule has 1 aromatic carbocycles. The van der Waals surface area contributed by atoms with E-state index in [-0.39, 0.29) is 12.0 Å². The number of hydrogen-bond acceptors (Lipinski definition) is 2. The van der Waals surface area contributed by atoms with E-state index in [1.807, 2.05) is 0 Å². The fourth-order valence-corrected chi connectivity index (χ4v) is 1.94. The maximum Gasteiger partial charge on any atom is 0.0620 e. The fourth-order valence-electron chi connectivity index (χ4n) is 1.94. The van der Waals surface area contributed by atoms with E-state index in [1.54, 1.807) is 0 Å². The molecule has 90 valence electrons. The fraction of sp³-hybridized carbons (Fsp3) is 0.571. The number of hydrogen-bond donors (Lipinski definition) is 2. The average molecular weight is 221 g/mol. The Balaban J connectivity index is 2.69. The number of aryl methyl sites for hydroxylation is 1. The van der Waals surface area contributed by atoms with Crippen LogP contribution in [0.4, 0.5) is 0 Å². The average Bonchev–Trinajstić information content (AvgIpc) is 2.30. The minimum Gasteiger partial charge on any atom is -0.392 e. The zero-order valence-corrected chi connectivity index (χ0v) is 10.3. The molecule has 0 aliphatic carbocycles. The van der Waals surface area contributed by atoms with Crippen molar-refractivity contribution in [2.45, 2.75) is 45.1 Å². The molecular weight excluding hydrogens is 198 g/mol. The lowest BCUT2D eigenvalue weighted by Crippen LogP contribution is -2.25. The molecular formula is C14H23NO. The second kappa shape index (κ2) is 6.66. The Morgan fingerprint density at radius 1 is 1.25 bits per heavy atom. The second-order valence-corrected chi connectivity index (χ2v) is 4.46. The van der Waals surface area contributed by atoms with Crippen LogP contribution in [0, 0.1) is 6.92 Å². The first-order valence-corrected chi connectivity index (χ1v) is 6.13. The van der Waals surface area contributed by atoms with Crippen molar-refractivity contribution < 1.29 is 5.11 Å². The Bertz CT molecular complexity index is 294. The molecule has 2 atom stereocenters. The highest BCUT2D eigenvalue weighted by molar-refractivity contribution is 5.25. The van der Waals surface area contributed by atoms with Gasteiger partial charge >= 0.3 is 0 Å². The van der Waals surface area contributed by atoms with Crippen molar-refractivity contribution >= 4 is 0 Å². The molecule has 0 fully saturated rings. The Morgan fingerprint density at radius 2 is 1.88 bits per heavy atom. The smallest absolute Gasteiger partial charge is 0.0620 e. The SMILES string of the molecule is CCCCC(O)C(CN)c1ccc(C)cc1. The van der Waals surface area contributed by atoms with Crippen molar-refractivity contribution in [3.63, 3.8) is 0 Å². The number of nitrogens with two attached hydrogens (primary N) is 1. The lowest BCUT2D eigenvalue weighted by molar-refractivity contribution is 0.133. The van der Waals surface area contributed by atoms with Gasteiger partial charge in [-0.3, -0.25) is 0 Å². The first-order chi connectivity index (χ1) is 7.69. The summed E-state index contributed by atoms with van der Waals surface area (Å²) in [6.45, 7) is 4.71. The summed E-state index contributed by atoms with van der Waals surface area (Å²) >= 11 is 0. The second-order valence-electron chi connectivity index (χ2n) is 4.46. The molecule has 3 N–H and O–H groups in total. The van der Waals surface area contributed by atoms with Gasteiger partial charge in [0.05, 0.1) is 6.10 Å². The third kappa shape index (κ3) is 3.62. The van der Waals surface area contributed by atoms with E-state index < -0.39 is 0 Å². The Hall–Kier alpha value is -0.860. The first-order valence-electron chi connectivity index (χ1n) is 6.13. The third-order valence-electron chi connectivity index (χ3n) is 3.08. The van der Waals surface area contributed by atoms with Gasteiger partial charge in [0, 0.05) is 12.5 Å². The summed E-state index contributed by atoms with van der Waals surface area (Å²) < 4.78 is 0. The minimum absolute atomic E-state index is 0.0761. The summed E-state index contributed by atoms with van der Waals surface area (Å²) in [5, 5.41) is 10.1. The standard InChI is InChI=1S/C14H23NO/c1-3-4-5-14(16)13(10-15)12-8-6-11(2)7-9-12/h6-9,13-14,16H,3-5,10,15H2,1-2H3. The summed E-state index contributed by atoms with van der Waals surface area (Å²) in [5.74, 6) is 0.0761. The van der Waals surface area contributed by atoms with E-state index in [0.717, 1.165) is 24.8 Å². The third-order valence-corrected chi connectivity index (χ3v) is 3.08. The predicted octanol–water partition coefficient (Wildman–Crippen LogP) is 2.59. The summed E-state index contributed by atoms with van der Waals surface area (Å²) in [5.41, 5.74) is 8.14. The van der Waals surface area contributed by atoms with Gasteiger partial charge < -0.3 is 10.8 Å². The van der Waals surface area contributed by atoms with Gasteiger partial charge in [0.2, 0.25) is 0 Å². The highest BCUT2D eigenvalue weighted by Gasteiger charge is 2.18. The van der Waals surface area contributed by atoms with Gasteiger partial charge in [0.15, 0.2) is 0 Å². The molecule has 0 amide bonds. The van der Waals surface area contributed by atoms with Gasteiger partial charge in [-0.25, -0.2) is 0 Å². The van der Waals surface area contributed by atoms with Gasteiger partial charge in [-0.2, -0.15) is 0 Å². The molecule has 16 heavy (non-hydrogen) atoms. The molecule has 0 radical (unpaired) electrons. The van der Waals surface area contributed by atoms with Crippen molar-refractivity contribution in [1.82, 2.24) is 0 Å². The van der Waals surface area contributed by atoms with E-state index in [9.17, 15) is 5.11 Å². The van der Waals surface area contributed by atoms with Crippen LogP contribution >= 0.6 is 0 Å². The van der Waals surface area contributed by atoms with Crippen molar-refractivity contribution in [2.75, 3.05) is 6.54 Å². The molecule has 1 rings (SSSR count). The van der Waals surface area contributed by atoms with E-state index in [4.69, 9.17) is 5.73 Å². The van der Waals surface area contributed by atoms with Crippen LogP contribution in [-0.4, -0.2) is 17.8 Å². The highest BCUT2D eigenvalue weighted by Crippen LogP contribution is 2.22. The molecule has 0 saturated carbocycles. The zero-order valence-electron chi connectivity index (χ0n) is 10.3. The molecule has 0 saturated heterocycles.